The van der Waals surface area contributed by atoms with Crippen molar-refractivity contribution in [1.82, 2.24) is 4.98 Å². The molecule has 0 radical (unpaired) electrons. The van der Waals surface area contributed by atoms with Crippen molar-refractivity contribution in [2.45, 2.75) is 11.2 Å². The number of pyridine rings is 1. The molecular formula is C10H8BrClN2O3. The first-order valence-electron chi connectivity index (χ1n) is 4.82. The molecule has 1 amide bonds. The maximum absolute atomic E-state index is 11.6. The Hall–Kier alpha value is -1.14. The number of hydrogen-bond donors (Lipinski definition) is 1. The molecule has 17 heavy (non-hydrogen) atoms. The SMILES string of the molecule is O=C(O)c1cc(Cl)nc(N2CC(Br)CC2=O)c1. The van der Waals surface area contributed by atoms with Gasteiger partial charge < -0.3 is 5.11 Å². The standard InChI is InChI=1S/C10H8BrClN2O3/c11-6-3-9(15)14(4-6)8-2-5(10(16)17)1-7(12)13-8/h1-2,6H,3-4H2,(H,16,17). The summed E-state index contributed by atoms with van der Waals surface area (Å²) < 4.78 is 0. The number of hydrogen-bond acceptors (Lipinski definition) is 3. The number of rotatable bonds is 2. The van der Waals surface area contributed by atoms with Crippen LogP contribution >= 0.6 is 27.5 Å². The number of alkyl halides is 1. The van der Waals surface area contributed by atoms with Gasteiger partial charge in [0, 0.05) is 17.8 Å². The smallest absolute Gasteiger partial charge is 0.335 e. The fourth-order valence-electron chi connectivity index (χ4n) is 1.63. The van der Waals surface area contributed by atoms with Crippen molar-refractivity contribution in [2.75, 3.05) is 11.4 Å². The number of amides is 1. The lowest BCUT2D eigenvalue weighted by Crippen LogP contribution is -2.26. The number of anilines is 1. The molecule has 7 heteroatoms. The van der Waals surface area contributed by atoms with Gasteiger partial charge in [-0.2, -0.15) is 0 Å². The number of carbonyl (C=O) groups excluding carboxylic acids is 1. The van der Waals surface area contributed by atoms with Crippen molar-refractivity contribution >= 4 is 45.2 Å². The van der Waals surface area contributed by atoms with E-state index >= 15 is 0 Å². The van der Waals surface area contributed by atoms with Crippen molar-refractivity contribution in [3.63, 3.8) is 0 Å². The quantitative estimate of drug-likeness (QED) is 0.668. The molecule has 0 spiro atoms. The lowest BCUT2D eigenvalue weighted by molar-refractivity contribution is -0.117. The summed E-state index contributed by atoms with van der Waals surface area (Å²) in [6.07, 6.45) is 0.372. The summed E-state index contributed by atoms with van der Waals surface area (Å²) in [4.78, 5) is 28.0. The molecule has 0 saturated carbocycles. The first-order chi connectivity index (χ1) is 7.97. The highest BCUT2D eigenvalue weighted by Crippen LogP contribution is 2.25. The van der Waals surface area contributed by atoms with Gasteiger partial charge in [0.05, 0.1) is 5.56 Å². The molecular weight excluding hydrogens is 311 g/mol. The summed E-state index contributed by atoms with van der Waals surface area (Å²) in [6.45, 7) is 0.464. The van der Waals surface area contributed by atoms with Gasteiger partial charge in [-0.25, -0.2) is 9.78 Å². The second-order valence-electron chi connectivity index (χ2n) is 3.65. The van der Waals surface area contributed by atoms with Crippen LogP contribution in [-0.2, 0) is 4.79 Å². The van der Waals surface area contributed by atoms with Crippen molar-refractivity contribution < 1.29 is 14.7 Å². The average Bonchev–Trinajstić information content (AvgIpc) is 2.57. The van der Waals surface area contributed by atoms with Crippen LogP contribution in [0.3, 0.4) is 0 Å². The van der Waals surface area contributed by atoms with E-state index in [1.54, 1.807) is 0 Å². The predicted octanol–water partition coefficient (Wildman–Crippen LogP) is 1.93. The summed E-state index contributed by atoms with van der Waals surface area (Å²) in [7, 11) is 0. The molecule has 1 atom stereocenters. The lowest BCUT2D eigenvalue weighted by Gasteiger charge is -2.15. The lowest BCUT2D eigenvalue weighted by atomic mass is 10.2. The molecule has 1 aliphatic rings. The molecule has 1 N–H and O–H groups in total. The maximum Gasteiger partial charge on any atom is 0.335 e. The third-order valence-corrected chi connectivity index (χ3v) is 3.19. The molecule has 1 saturated heterocycles. The van der Waals surface area contributed by atoms with Gasteiger partial charge >= 0.3 is 5.97 Å². The summed E-state index contributed by atoms with van der Waals surface area (Å²) in [6, 6.07) is 2.59. The molecule has 90 valence electrons. The van der Waals surface area contributed by atoms with E-state index in [0.29, 0.717) is 13.0 Å². The molecule has 2 heterocycles. The van der Waals surface area contributed by atoms with Gasteiger partial charge in [0.2, 0.25) is 5.91 Å². The Morgan fingerprint density at radius 2 is 2.29 bits per heavy atom. The van der Waals surface area contributed by atoms with Crippen LogP contribution < -0.4 is 4.90 Å². The fraction of sp³-hybridized carbons (Fsp3) is 0.300. The number of nitrogens with zero attached hydrogens (tertiary/aromatic N) is 2. The second kappa shape index (κ2) is 4.62. The number of aromatic carboxylic acids is 1. The van der Waals surface area contributed by atoms with Crippen LogP contribution in [0.4, 0.5) is 5.82 Å². The predicted molar refractivity (Wildman–Crippen MR) is 65.9 cm³/mol. The van der Waals surface area contributed by atoms with E-state index in [4.69, 9.17) is 16.7 Å². The van der Waals surface area contributed by atoms with E-state index in [1.165, 1.54) is 17.0 Å². The molecule has 1 aromatic heterocycles. The van der Waals surface area contributed by atoms with E-state index in [1.807, 2.05) is 0 Å². The van der Waals surface area contributed by atoms with Gasteiger partial charge in [-0.15, -0.1) is 0 Å². The van der Waals surface area contributed by atoms with Crippen LogP contribution in [0.2, 0.25) is 5.15 Å². The van der Waals surface area contributed by atoms with Crippen LogP contribution in [-0.4, -0.2) is 33.3 Å². The van der Waals surface area contributed by atoms with Gasteiger partial charge in [-0.3, -0.25) is 9.69 Å². The highest BCUT2D eigenvalue weighted by atomic mass is 79.9. The van der Waals surface area contributed by atoms with Gasteiger partial charge in [-0.05, 0) is 12.1 Å². The van der Waals surface area contributed by atoms with E-state index in [0.717, 1.165) is 0 Å². The summed E-state index contributed by atoms with van der Waals surface area (Å²) in [5.74, 6) is -0.919. The minimum atomic E-state index is -1.10. The van der Waals surface area contributed by atoms with Gasteiger partial charge in [0.1, 0.15) is 11.0 Å². The highest BCUT2D eigenvalue weighted by Gasteiger charge is 2.30. The Bertz CT molecular complexity index is 494. The summed E-state index contributed by atoms with van der Waals surface area (Å²) in [5.41, 5.74) is 0.0193. The van der Waals surface area contributed by atoms with E-state index < -0.39 is 5.97 Å². The first-order valence-corrected chi connectivity index (χ1v) is 6.12. The Kier molecular flexibility index (Phi) is 3.35. The van der Waals surface area contributed by atoms with Crippen molar-refractivity contribution in [3.8, 4) is 0 Å². The number of halogens is 2. The molecule has 0 aliphatic carbocycles. The third kappa shape index (κ3) is 2.58. The van der Waals surface area contributed by atoms with Crippen LogP contribution in [0.25, 0.3) is 0 Å². The average molecular weight is 320 g/mol. The molecule has 1 aliphatic heterocycles. The van der Waals surface area contributed by atoms with Gasteiger partial charge in [0.25, 0.3) is 0 Å². The Morgan fingerprint density at radius 3 is 2.82 bits per heavy atom. The zero-order valence-electron chi connectivity index (χ0n) is 8.56. The molecule has 2 rings (SSSR count). The Morgan fingerprint density at radius 1 is 1.59 bits per heavy atom. The molecule has 0 bridgehead atoms. The van der Waals surface area contributed by atoms with Crippen LogP contribution in [0.5, 0.6) is 0 Å². The fourth-order valence-corrected chi connectivity index (χ4v) is 2.40. The number of carboxylic acids is 1. The third-order valence-electron chi connectivity index (χ3n) is 2.38. The molecule has 1 unspecified atom stereocenters. The molecule has 5 nitrogen and oxygen atoms in total. The molecule has 1 fully saturated rings. The monoisotopic (exact) mass is 318 g/mol. The van der Waals surface area contributed by atoms with E-state index in [2.05, 4.69) is 20.9 Å². The summed E-state index contributed by atoms with van der Waals surface area (Å²) >= 11 is 9.08. The number of aromatic nitrogens is 1. The summed E-state index contributed by atoms with van der Waals surface area (Å²) in [5, 5.41) is 8.96. The topological polar surface area (TPSA) is 70.5 Å². The zero-order valence-corrected chi connectivity index (χ0v) is 10.9. The normalized spacial score (nSPS) is 19.8. The Labute approximate surface area is 111 Å². The van der Waals surface area contributed by atoms with E-state index in [-0.39, 0.29) is 27.3 Å². The van der Waals surface area contributed by atoms with Crippen LogP contribution in [0.15, 0.2) is 12.1 Å². The largest absolute Gasteiger partial charge is 0.478 e. The van der Waals surface area contributed by atoms with E-state index in [9.17, 15) is 9.59 Å². The van der Waals surface area contributed by atoms with Crippen LogP contribution in [0, 0.1) is 0 Å². The van der Waals surface area contributed by atoms with Crippen molar-refractivity contribution in [2.24, 2.45) is 0 Å². The van der Waals surface area contributed by atoms with Gasteiger partial charge in [-0.1, -0.05) is 27.5 Å². The van der Waals surface area contributed by atoms with Crippen molar-refractivity contribution in [3.05, 3.63) is 22.8 Å². The molecule has 0 aromatic carbocycles. The second-order valence-corrected chi connectivity index (χ2v) is 5.33. The highest BCUT2D eigenvalue weighted by molar-refractivity contribution is 9.09. The number of carbonyl (C=O) groups is 2. The van der Waals surface area contributed by atoms with Gasteiger partial charge in [0.15, 0.2) is 0 Å². The number of carboxylic acid groups (broad SMARTS) is 1. The molecule has 1 aromatic rings. The minimum absolute atomic E-state index is 0.0193. The first kappa shape index (κ1) is 12.3. The maximum atomic E-state index is 11.6. The minimum Gasteiger partial charge on any atom is -0.478 e. The zero-order chi connectivity index (χ0) is 12.6. The Balaban J connectivity index is 2.39. The van der Waals surface area contributed by atoms with Crippen LogP contribution in [0.1, 0.15) is 16.8 Å². The van der Waals surface area contributed by atoms with Crippen molar-refractivity contribution in [1.29, 1.82) is 0 Å².